The second kappa shape index (κ2) is 2.79. The molecule has 2 nitrogen and oxygen atoms in total. The number of phenolic OH excluding ortho intramolecular Hbond substituents is 1. The highest BCUT2D eigenvalue weighted by Crippen LogP contribution is 2.26. The summed E-state index contributed by atoms with van der Waals surface area (Å²) in [5.41, 5.74) is 2.25. The van der Waals surface area contributed by atoms with Crippen molar-refractivity contribution in [3.8, 4) is 5.75 Å². The first-order valence-corrected chi connectivity index (χ1v) is 4.30. The molecule has 12 heavy (non-hydrogen) atoms. The summed E-state index contributed by atoms with van der Waals surface area (Å²) in [4.78, 5) is 0. The minimum Gasteiger partial charge on any atom is -0.508 e. The van der Waals surface area contributed by atoms with Crippen LogP contribution in [-0.2, 0) is 0 Å². The van der Waals surface area contributed by atoms with E-state index in [1.54, 1.807) is 6.07 Å². The summed E-state index contributed by atoms with van der Waals surface area (Å²) in [6.07, 6.45) is 1.21. The van der Waals surface area contributed by atoms with E-state index in [0.717, 1.165) is 12.1 Å². The van der Waals surface area contributed by atoms with Gasteiger partial charge in [-0.25, -0.2) is 0 Å². The maximum atomic E-state index is 9.30. The molecular formula is C10H13NO. The lowest BCUT2D eigenvalue weighted by Gasteiger charge is -2.28. The van der Waals surface area contributed by atoms with Crippen LogP contribution in [0.15, 0.2) is 18.2 Å². The van der Waals surface area contributed by atoms with Gasteiger partial charge >= 0.3 is 0 Å². The lowest BCUT2D eigenvalue weighted by molar-refractivity contribution is 0.382. The summed E-state index contributed by atoms with van der Waals surface area (Å²) in [7, 11) is 0. The Labute approximate surface area is 72.2 Å². The Morgan fingerprint density at radius 2 is 2.25 bits per heavy atom. The fourth-order valence-electron chi connectivity index (χ4n) is 1.47. The van der Waals surface area contributed by atoms with Gasteiger partial charge in [0.15, 0.2) is 0 Å². The molecule has 2 rings (SSSR count). The molecule has 0 unspecified atom stereocenters. The molecule has 0 radical (unpaired) electrons. The largest absolute Gasteiger partial charge is 0.508 e. The van der Waals surface area contributed by atoms with Gasteiger partial charge in [-0.3, -0.25) is 0 Å². The lowest BCUT2D eigenvalue weighted by Crippen LogP contribution is -2.34. The summed E-state index contributed by atoms with van der Waals surface area (Å²) in [5.74, 6) is 0.387. The Morgan fingerprint density at radius 3 is 2.75 bits per heavy atom. The highest BCUT2D eigenvalue weighted by atomic mass is 16.3. The van der Waals surface area contributed by atoms with Gasteiger partial charge in [0.05, 0.1) is 0 Å². The van der Waals surface area contributed by atoms with Crippen LogP contribution in [0.2, 0.25) is 0 Å². The summed E-state index contributed by atoms with van der Waals surface area (Å²) < 4.78 is 0. The van der Waals surface area contributed by atoms with E-state index in [9.17, 15) is 5.11 Å². The highest BCUT2D eigenvalue weighted by Gasteiger charge is 2.18. The van der Waals surface area contributed by atoms with Crippen LogP contribution in [0.1, 0.15) is 23.6 Å². The van der Waals surface area contributed by atoms with Crippen LogP contribution < -0.4 is 5.32 Å². The Kier molecular flexibility index (Phi) is 1.77. The quantitative estimate of drug-likeness (QED) is 0.661. The summed E-state index contributed by atoms with van der Waals surface area (Å²) in [6.45, 7) is 3.04. The maximum Gasteiger partial charge on any atom is 0.118 e. The molecule has 1 aliphatic rings. The van der Waals surface area contributed by atoms with E-state index >= 15 is 0 Å². The van der Waals surface area contributed by atoms with E-state index in [4.69, 9.17) is 0 Å². The molecule has 1 aromatic carbocycles. The second-order valence-corrected chi connectivity index (χ2v) is 3.34. The number of aryl methyl sites for hydroxylation is 1. The SMILES string of the molecule is Cc1cc([C@@H]2CCN2)ccc1O. The molecule has 0 spiro atoms. The van der Waals surface area contributed by atoms with Gasteiger partial charge in [0.25, 0.3) is 0 Å². The highest BCUT2D eigenvalue weighted by molar-refractivity contribution is 5.36. The Morgan fingerprint density at radius 1 is 1.50 bits per heavy atom. The molecule has 1 aliphatic heterocycles. The third-order valence-electron chi connectivity index (χ3n) is 2.45. The predicted molar refractivity (Wildman–Crippen MR) is 48.2 cm³/mol. The Balaban J connectivity index is 2.27. The zero-order valence-corrected chi connectivity index (χ0v) is 7.17. The third kappa shape index (κ3) is 1.18. The molecule has 0 aliphatic carbocycles. The number of aromatic hydroxyl groups is 1. The van der Waals surface area contributed by atoms with Crippen LogP contribution in [0, 0.1) is 6.92 Å². The van der Waals surface area contributed by atoms with Crippen molar-refractivity contribution in [3.63, 3.8) is 0 Å². The fourth-order valence-corrected chi connectivity index (χ4v) is 1.47. The van der Waals surface area contributed by atoms with Crippen molar-refractivity contribution in [1.82, 2.24) is 5.32 Å². The van der Waals surface area contributed by atoms with E-state index in [-0.39, 0.29) is 0 Å². The van der Waals surface area contributed by atoms with Gasteiger partial charge in [-0.05, 0) is 37.1 Å². The lowest BCUT2D eigenvalue weighted by atomic mass is 9.96. The average Bonchev–Trinajstić information content (AvgIpc) is 1.93. The Hall–Kier alpha value is -1.02. The first kappa shape index (κ1) is 7.62. The van der Waals surface area contributed by atoms with Crippen molar-refractivity contribution < 1.29 is 5.11 Å². The van der Waals surface area contributed by atoms with Crippen LogP contribution in [0.5, 0.6) is 5.75 Å². The van der Waals surface area contributed by atoms with Gasteiger partial charge < -0.3 is 10.4 Å². The molecule has 2 N–H and O–H groups in total. The van der Waals surface area contributed by atoms with Gasteiger partial charge in [-0.2, -0.15) is 0 Å². The number of rotatable bonds is 1. The smallest absolute Gasteiger partial charge is 0.118 e. The van der Waals surface area contributed by atoms with Crippen LogP contribution in [0.25, 0.3) is 0 Å². The molecular weight excluding hydrogens is 150 g/mol. The molecule has 64 valence electrons. The fraction of sp³-hybridized carbons (Fsp3) is 0.400. The zero-order chi connectivity index (χ0) is 8.55. The van der Waals surface area contributed by atoms with E-state index in [2.05, 4.69) is 5.32 Å². The number of hydrogen-bond acceptors (Lipinski definition) is 2. The molecule has 2 heteroatoms. The first-order valence-electron chi connectivity index (χ1n) is 4.30. The van der Waals surface area contributed by atoms with Crippen LogP contribution in [0.4, 0.5) is 0 Å². The van der Waals surface area contributed by atoms with Crippen molar-refractivity contribution in [2.75, 3.05) is 6.54 Å². The van der Waals surface area contributed by atoms with E-state index in [0.29, 0.717) is 11.8 Å². The van der Waals surface area contributed by atoms with Gasteiger partial charge in [0, 0.05) is 6.04 Å². The zero-order valence-electron chi connectivity index (χ0n) is 7.17. The Bertz CT molecular complexity index is 292. The minimum absolute atomic E-state index is 0.387. The van der Waals surface area contributed by atoms with Gasteiger partial charge in [-0.1, -0.05) is 12.1 Å². The number of hydrogen-bond donors (Lipinski definition) is 2. The average molecular weight is 163 g/mol. The van der Waals surface area contributed by atoms with Crippen molar-refractivity contribution >= 4 is 0 Å². The summed E-state index contributed by atoms with van der Waals surface area (Å²) in [5, 5.41) is 12.6. The predicted octanol–water partition coefficient (Wildman–Crippen LogP) is 1.74. The van der Waals surface area contributed by atoms with E-state index in [1.165, 1.54) is 12.0 Å². The monoisotopic (exact) mass is 163 g/mol. The summed E-state index contributed by atoms with van der Waals surface area (Å²) in [6, 6.07) is 6.32. The molecule has 1 atom stereocenters. The van der Waals surface area contributed by atoms with Crippen molar-refractivity contribution in [1.29, 1.82) is 0 Å². The standard InChI is InChI=1S/C10H13NO/c1-7-6-8(2-3-10(7)12)9-4-5-11-9/h2-3,6,9,11-12H,4-5H2,1H3/t9-/m0/s1. The maximum absolute atomic E-state index is 9.30. The van der Waals surface area contributed by atoms with Gasteiger partial charge in [0.2, 0.25) is 0 Å². The topological polar surface area (TPSA) is 32.3 Å². The van der Waals surface area contributed by atoms with E-state index in [1.807, 2.05) is 19.1 Å². The molecule has 0 bridgehead atoms. The first-order chi connectivity index (χ1) is 5.77. The molecule has 1 aromatic rings. The van der Waals surface area contributed by atoms with Crippen LogP contribution in [-0.4, -0.2) is 11.7 Å². The molecule has 1 saturated heterocycles. The van der Waals surface area contributed by atoms with Gasteiger partial charge in [0.1, 0.15) is 5.75 Å². The molecule has 1 heterocycles. The normalized spacial score (nSPS) is 21.9. The molecule has 0 amide bonds. The van der Waals surface area contributed by atoms with E-state index < -0.39 is 0 Å². The van der Waals surface area contributed by atoms with Crippen LogP contribution in [0.3, 0.4) is 0 Å². The molecule has 0 aromatic heterocycles. The van der Waals surface area contributed by atoms with Crippen molar-refractivity contribution in [2.45, 2.75) is 19.4 Å². The third-order valence-corrected chi connectivity index (χ3v) is 2.45. The molecule has 1 fully saturated rings. The molecule has 0 saturated carbocycles. The summed E-state index contributed by atoms with van der Waals surface area (Å²) >= 11 is 0. The number of benzene rings is 1. The second-order valence-electron chi connectivity index (χ2n) is 3.34. The van der Waals surface area contributed by atoms with Crippen molar-refractivity contribution in [2.24, 2.45) is 0 Å². The number of nitrogens with one attached hydrogen (secondary N) is 1. The number of phenols is 1. The minimum atomic E-state index is 0.387. The van der Waals surface area contributed by atoms with Crippen molar-refractivity contribution in [3.05, 3.63) is 29.3 Å². The van der Waals surface area contributed by atoms with Gasteiger partial charge in [-0.15, -0.1) is 0 Å². The van der Waals surface area contributed by atoms with Crippen LogP contribution >= 0.6 is 0 Å².